The second kappa shape index (κ2) is 1.36. The van der Waals surface area contributed by atoms with Crippen LogP contribution in [0.5, 0.6) is 0 Å². The lowest BCUT2D eigenvalue weighted by Gasteiger charge is -2.13. The van der Waals surface area contributed by atoms with Gasteiger partial charge in [-0.2, -0.15) is 0 Å². The molecule has 0 unspecified atom stereocenters. The summed E-state index contributed by atoms with van der Waals surface area (Å²) in [4.78, 5) is 0. The standard InChI is InChI=1S/C6H4Cl2O/c7-5-1-2-6(8,9-5)4-3-5/h1-4H. The molecule has 1 nitrogen and oxygen atoms in total. The maximum absolute atomic E-state index is 5.81. The van der Waals surface area contributed by atoms with Crippen molar-refractivity contribution in [2.24, 2.45) is 0 Å². The largest absolute Gasteiger partial charge is 0.324 e. The summed E-state index contributed by atoms with van der Waals surface area (Å²) in [5.41, 5.74) is 0. The average molecular weight is 163 g/mol. The maximum Gasteiger partial charge on any atom is 0.182 e. The molecule has 9 heavy (non-hydrogen) atoms. The Kier molecular flexibility index (Phi) is 0.876. The van der Waals surface area contributed by atoms with E-state index in [0.29, 0.717) is 0 Å². The zero-order valence-electron chi connectivity index (χ0n) is 4.47. The molecule has 0 radical (unpaired) electrons. The summed E-state index contributed by atoms with van der Waals surface area (Å²) in [6.45, 7) is 0. The average Bonchev–Trinajstić information content (AvgIpc) is 2.19. The molecule has 2 heterocycles. The molecule has 0 aromatic heterocycles. The Hall–Kier alpha value is 0.0200. The van der Waals surface area contributed by atoms with E-state index in [2.05, 4.69) is 0 Å². The smallest absolute Gasteiger partial charge is 0.182 e. The topological polar surface area (TPSA) is 9.23 Å². The van der Waals surface area contributed by atoms with Gasteiger partial charge in [-0.25, -0.2) is 0 Å². The number of hydrogen-bond acceptors (Lipinski definition) is 1. The molecule has 0 saturated heterocycles. The van der Waals surface area contributed by atoms with Crippen molar-refractivity contribution in [3.63, 3.8) is 0 Å². The van der Waals surface area contributed by atoms with Gasteiger partial charge in [-0.1, -0.05) is 23.2 Å². The molecule has 0 aromatic carbocycles. The minimum atomic E-state index is -0.748. The predicted octanol–water partition coefficient (Wildman–Crippen LogP) is 2.01. The van der Waals surface area contributed by atoms with Gasteiger partial charge in [0.25, 0.3) is 0 Å². The molecular weight excluding hydrogens is 159 g/mol. The highest BCUT2D eigenvalue weighted by molar-refractivity contribution is 6.31. The van der Waals surface area contributed by atoms with E-state index in [1.807, 2.05) is 0 Å². The fourth-order valence-electron chi connectivity index (χ4n) is 0.941. The second-order valence-corrected chi connectivity index (χ2v) is 3.35. The number of fused-ring (bicyclic) bond motifs is 2. The Morgan fingerprint density at radius 1 is 0.889 bits per heavy atom. The summed E-state index contributed by atoms with van der Waals surface area (Å²) < 4.78 is 5.16. The van der Waals surface area contributed by atoms with E-state index in [-0.39, 0.29) is 0 Å². The minimum Gasteiger partial charge on any atom is -0.324 e. The summed E-state index contributed by atoms with van der Waals surface area (Å²) in [5, 5.41) is -1.50. The Bertz CT molecular complexity index is 173. The zero-order valence-corrected chi connectivity index (χ0v) is 5.99. The molecule has 0 N–H and O–H groups in total. The highest BCUT2D eigenvalue weighted by Crippen LogP contribution is 2.44. The van der Waals surface area contributed by atoms with Crippen molar-refractivity contribution < 1.29 is 4.74 Å². The quantitative estimate of drug-likeness (QED) is 0.392. The summed E-state index contributed by atoms with van der Waals surface area (Å²) in [7, 11) is 0. The Morgan fingerprint density at radius 3 is 1.33 bits per heavy atom. The van der Waals surface area contributed by atoms with Crippen LogP contribution in [0, 0.1) is 0 Å². The maximum atomic E-state index is 5.81. The van der Waals surface area contributed by atoms with E-state index < -0.39 is 10.1 Å². The number of ether oxygens (including phenoxy) is 1. The highest BCUT2D eigenvalue weighted by Gasteiger charge is 2.44. The molecule has 0 aromatic rings. The molecule has 0 atom stereocenters. The summed E-state index contributed by atoms with van der Waals surface area (Å²) in [6.07, 6.45) is 6.95. The van der Waals surface area contributed by atoms with Crippen molar-refractivity contribution in [2.75, 3.05) is 0 Å². The van der Waals surface area contributed by atoms with Gasteiger partial charge in [-0.05, 0) is 24.3 Å². The fraction of sp³-hybridized carbons (Fsp3) is 0.333. The Morgan fingerprint density at radius 2 is 1.22 bits per heavy atom. The molecule has 2 rings (SSSR count). The van der Waals surface area contributed by atoms with Crippen LogP contribution in [0.4, 0.5) is 0 Å². The lowest BCUT2D eigenvalue weighted by atomic mass is 10.2. The summed E-state index contributed by atoms with van der Waals surface area (Å²) in [5.74, 6) is 0. The van der Waals surface area contributed by atoms with Gasteiger partial charge in [-0.3, -0.25) is 0 Å². The molecule has 3 heteroatoms. The van der Waals surface area contributed by atoms with Crippen LogP contribution in [0.1, 0.15) is 0 Å². The van der Waals surface area contributed by atoms with Crippen LogP contribution in [0.3, 0.4) is 0 Å². The number of rotatable bonds is 0. The van der Waals surface area contributed by atoms with E-state index >= 15 is 0 Å². The van der Waals surface area contributed by atoms with Crippen LogP contribution >= 0.6 is 23.2 Å². The van der Waals surface area contributed by atoms with Crippen LogP contribution in [0.2, 0.25) is 0 Å². The highest BCUT2D eigenvalue weighted by atomic mass is 35.5. The van der Waals surface area contributed by atoms with Gasteiger partial charge in [0.1, 0.15) is 0 Å². The van der Waals surface area contributed by atoms with Gasteiger partial charge in [0.2, 0.25) is 0 Å². The minimum absolute atomic E-state index is 0.748. The van der Waals surface area contributed by atoms with Crippen LogP contribution < -0.4 is 0 Å². The first kappa shape index (κ1) is 5.78. The lowest BCUT2D eigenvalue weighted by molar-refractivity contribution is 0.0824. The van der Waals surface area contributed by atoms with Crippen molar-refractivity contribution >= 4 is 23.2 Å². The van der Waals surface area contributed by atoms with Gasteiger partial charge in [0.05, 0.1) is 0 Å². The third-order valence-corrected chi connectivity index (χ3v) is 2.05. The third kappa shape index (κ3) is 0.725. The molecule has 0 spiro atoms. The number of halogens is 2. The Balaban J connectivity index is 2.46. The van der Waals surface area contributed by atoms with Crippen molar-refractivity contribution in [2.45, 2.75) is 10.1 Å². The molecule has 48 valence electrons. The lowest BCUT2D eigenvalue weighted by Crippen LogP contribution is -2.17. The number of alkyl halides is 2. The monoisotopic (exact) mass is 162 g/mol. The molecule has 2 aliphatic heterocycles. The van der Waals surface area contributed by atoms with Crippen molar-refractivity contribution in [1.82, 2.24) is 0 Å². The first-order valence-corrected chi connectivity index (χ1v) is 3.36. The van der Waals surface area contributed by atoms with E-state index in [1.165, 1.54) is 0 Å². The molecule has 0 amide bonds. The van der Waals surface area contributed by atoms with Gasteiger partial charge in [-0.15, -0.1) is 0 Å². The van der Waals surface area contributed by atoms with E-state index in [1.54, 1.807) is 24.3 Å². The molecule has 0 saturated carbocycles. The molecule has 0 aliphatic carbocycles. The second-order valence-electron chi connectivity index (χ2n) is 2.16. The molecule has 0 fully saturated rings. The normalized spacial score (nSPS) is 53.1. The zero-order chi connectivity index (χ0) is 6.54. The Labute approximate surface area is 62.9 Å². The number of hydrogen-bond donors (Lipinski definition) is 0. The SMILES string of the molecule is ClC12C=CC(Cl)(C=C1)O2. The predicted molar refractivity (Wildman–Crippen MR) is 36.5 cm³/mol. The van der Waals surface area contributed by atoms with Crippen molar-refractivity contribution in [1.29, 1.82) is 0 Å². The molecule has 2 aliphatic rings. The van der Waals surface area contributed by atoms with Crippen molar-refractivity contribution in [3.05, 3.63) is 24.3 Å². The van der Waals surface area contributed by atoms with E-state index in [4.69, 9.17) is 27.9 Å². The fourth-order valence-corrected chi connectivity index (χ4v) is 1.49. The van der Waals surface area contributed by atoms with Crippen LogP contribution in [0.15, 0.2) is 24.3 Å². The van der Waals surface area contributed by atoms with E-state index in [9.17, 15) is 0 Å². The van der Waals surface area contributed by atoms with Gasteiger partial charge < -0.3 is 4.74 Å². The first-order valence-electron chi connectivity index (χ1n) is 2.61. The van der Waals surface area contributed by atoms with Crippen LogP contribution in [0.25, 0.3) is 0 Å². The van der Waals surface area contributed by atoms with E-state index in [0.717, 1.165) is 0 Å². The first-order chi connectivity index (χ1) is 4.12. The van der Waals surface area contributed by atoms with Crippen LogP contribution in [-0.4, -0.2) is 10.1 Å². The molecule has 2 bridgehead atoms. The van der Waals surface area contributed by atoms with Crippen molar-refractivity contribution in [3.8, 4) is 0 Å². The summed E-state index contributed by atoms with van der Waals surface area (Å²) >= 11 is 11.6. The molecular formula is C6H4Cl2O. The third-order valence-electron chi connectivity index (χ3n) is 1.39. The van der Waals surface area contributed by atoms with Crippen LogP contribution in [-0.2, 0) is 4.74 Å². The summed E-state index contributed by atoms with van der Waals surface area (Å²) in [6, 6.07) is 0. The van der Waals surface area contributed by atoms with Gasteiger partial charge >= 0.3 is 0 Å². The van der Waals surface area contributed by atoms with Gasteiger partial charge in [0.15, 0.2) is 10.1 Å². The van der Waals surface area contributed by atoms with Gasteiger partial charge in [0, 0.05) is 0 Å².